The van der Waals surface area contributed by atoms with Gasteiger partial charge in [-0.05, 0) is 19.1 Å². The Morgan fingerprint density at radius 3 is 2.00 bits per heavy atom. The van der Waals surface area contributed by atoms with Gasteiger partial charge in [0.1, 0.15) is 0 Å². The van der Waals surface area contributed by atoms with Crippen LogP contribution in [-0.2, 0) is 4.74 Å². The van der Waals surface area contributed by atoms with Crippen LogP contribution >= 0.6 is 12.6 Å². The summed E-state index contributed by atoms with van der Waals surface area (Å²) in [6.07, 6.45) is 0.473. The summed E-state index contributed by atoms with van der Waals surface area (Å²) in [5.74, 6) is 1.01. The summed E-state index contributed by atoms with van der Waals surface area (Å²) in [5.41, 5.74) is 4.54. The number of rotatable bonds is 2. The fourth-order valence-corrected chi connectivity index (χ4v) is 0.142. The highest BCUT2D eigenvalue weighted by Crippen LogP contribution is 1.74. The van der Waals surface area contributed by atoms with Gasteiger partial charge in [0.15, 0.2) is 0 Å². The zero-order valence-electron chi connectivity index (χ0n) is 6.46. The Morgan fingerprint density at radius 2 is 2.00 bits per heavy atom. The monoisotopic (exact) mass is 165 g/mol. The van der Waals surface area contributed by atoms with Crippen molar-refractivity contribution in [2.45, 2.75) is 20.3 Å². The molecule has 0 spiro atoms. The fourth-order valence-electron chi connectivity index (χ4n) is 0.142. The number of carbonyl (C=O) groups is 1. The largest absolute Gasteiger partial charge is 0.450 e. The van der Waals surface area contributed by atoms with E-state index in [1.165, 1.54) is 6.42 Å². The molecule has 0 atom stereocenters. The van der Waals surface area contributed by atoms with Crippen LogP contribution in [0.2, 0.25) is 0 Å². The van der Waals surface area contributed by atoms with Crippen LogP contribution in [0.1, 0.15) is 20.3 Å². The van der Waals surface area contributed by atoms with Gasteiger partial charge in [-0.1, -0.05) is 6.92 Å². The Labute approximate surface area is 67.3 Å². The first-order valence-corrected chi connectivity index (χ1v) is 3.85. The molecule has 0 heterocycles. The molecule has 0 saturated carbocycles. The number of hydrogen-bond acceptors (Lipinski definition) is 3. The molecule has 2 N–H and O–H groups in total. The third-order valence-electron chi connectivity index (χ3n) is 0.510. The van der Waals surface area contributed by atoms with Crippen molar-refractivity contribution in [1.29, 1.82) is 0 Å². The Kier molecular flexibility index (Phi) is 14.1. The van der Waals surface area contributed by atoms with Crippen molar-refractivity contribution in [2.75, 3.05) is 12.4 Å². The Bertz CT molecular complexity index is 76.1. The molecule has 0 aromatic carbocycles. The lowest BCUT2D eigenvalue weighted by atomic mass is 10.6. The van der Waals surface area contributed by atoms with E-state index in [2.05, 4.69) is 30.0 Å². The van der Waals surface area contributed by atoms with Gasteiger partial charge in [-0.3, -0.25) is 0 Å². The fraction of sp³-hybridized carbons (Fsp3) is 0.833. The summed E-state index contributed by atoms with van der Waals surface area (Å²) in [6, 6.07) is 0. The van der Waals surface area contributed by atoms with Gasteiger partial charge < -0.3 is 10.5 Å². The molecule has 0 aromatic heterocycles. The van der Waals surface area contributed by atoms with Gasteiger partial charge in [-0.15, -0.1) is 0 Å². The number of nitrogens with two attached hydrogens (primary N) is 1. The highest BCUT2D eigenvalue weighted by molar-refractivity contribution is 7.80. The Balaban J connectivity index is 0. The lowest BCUT2D eigenvalue weighted by molar-refractivity contribution is 0.163. The molecule has 0 aliphatic heterocycles. The number of thiol groups is 1. The van der Waals surface area contributed by atoms with Crippen LogP contribution in [0.25, 0.3) is 0 Å². The quantitative estimate of drug-likeness (QED) is 0.608. The SMILES string of the molecule is CCCS.CCOC(N)=O. The maximum Gasteiger partial charge on any atom is 0.404 e. The average molecular weight is 165 g/mol. The third kappa shape index (κ3) is 25.5. The van der Waals surface area contributed by atoms with Crippen LogP contribution in [0.4, 0.5) is 4.79 Å². The predicted octanol–water partition coefficient (Wildman–Crippen LogP) is 1.43. The molecule has 0 aliphatic carbocycles. The molecule has 62 valence electrons. The molecule has 0 unspecified atom stereocenters. The van der Waals surface area contributed by atoms with Gasteiger partial charge in [0.05, 0.1) is 6.61 Å². The zero-order valence-corrected chi connectivity index (χ0v) is 7.36. The maximum absolute atomic E-state index is 9.60. The van der Waals surface area contributed by atoms with Gasteiger partial charge in [0.2, 0.25) is 0 Å². The zero-order chi connectivity index (χ0) is 8.41. The lowest BCUT2D eigenvalue weighted by Crippen LogP contribution is -2.11. The van der Waals surface area contributed by atoms with E-state index in [4.69, 9.17) is 0 Å². The van der Waals surface area contributed by atoms with Crippen molar-refractivity contribution < 1.29 is 9.53 Å². The highest BCUT2D eigenvalue weighted by Gasteiger charge is 1.82. The normalized spacial score (nSPS) is 7.50. The van der Waals surface area contributed by atoms with Crippen molar-refractivity contribution in [2.24, 2.45) is 5.73 Å². The van der Waals surface area contributed by atoms with Crippen molar-refractivity contribution in [3.63, 3.8) is 0 Å². The minimum atomic E-state index is -0.711. The van der Waals surface area contributed by atoms with Gasteiger partial charge in [0, 0.05) is 0 Å². The first-order valence-electron chi connectivity index (χ1n) is 3.22. The van der Waals surface area contributed by atoms with E-state index in [0.717, 1.165) is 5.75 Å². The van der Waals surface area contributed by atoms with Crippen molar-refractivity contribution in [1.82, 2.24) is 0 Å². The minimum absolute atomic E-state index is 0.356. The molecule has 1 amide bonds. The van der Waals surface area contributed by atoms with E-state index in [1.807, 2.05) is 0 Å². The second kappa shape index (κ2) is 11.4. The molecule has 0 rings (SSSR count). The second-order valence-corrected chi connectivity index (χ2v) is 1.92. The van der Waals surface area contributed by atoms with E-state index in [9.17, 15) is 4.79 Å². The van der Waals surface area contributed by atoms with Crippen LogP contribution < -0.4 is 5.73 Å². The van der Waals surface area contributed by atoms with E-state index in [1.54, 1.807) is 6.92 Å². The van der Waals surface area contributed by atoms with Crippen molar-refractivity contribution >= 4 is 18.7 Å². The molecule has 3 nitrogen and oxygen atoms in total. The molecule has 0 bridgehead atoms. The van der Waals surface area contributed by atoms with Gasteiger partial charge in [-0.25, -0.2) is 4.79 Å². The molecule has 0 fully saturated rings. The van der Waals surface area contributed by atoms with Gasteiger partial charge >= 0.3 is 6.09 Å². The molecule has 4 heteroatoms. The lowest BCUT2D eigenvalue weighted by Gasteiger charge is -1.89. The average Bonchev–Trinajstić information content (AvgIpc) is 1.89. The smallest absolute Gasteiger partial charge is 0.404 e. The van der Waals surface area contributed by atoms with E-state index < -0.39 is 6.09 Å². The topological polar surface area (TPSA) is 52.3 Å². The summed E-state index contributed by atoms with van der Waals surface area (Å²) in [4.78, 5) is 9.60. The van der Waals surface area contributed by atoms with Crippen LogP contribution in [0.3, 0.4) is 0 Å². The minimum Gasteiger partial charge on any atom is -0.450 e. The number of amides is 1. The first-order chi connectivity index (χ1) is 4.68. The summed E-state index contributed by atoms with van der Waals surface area (Å²) >= 11 is 3.92. The molecular weight excluding hydrogens is 150 g/mol. The maximum atomic E-state index is 9.60. The highest BCUT2D eigenvalue weighted by atomic mass is 32.1. The summed E-state index contributed by atoms with van der Waals surface area (Å²) in [6.45, 7) is 4.16. The molecule has 0 radical (unpaired) electrons. The third-order valence-corrected chi connectivity index (χ3v) is 0.957. The van der Waals surface area contributed by atoms with Crippen molar-refractivity contribution in [3.8, 4) is 0 Å². The summed E-state index contributed by atoms with van der Waals surface area (Å²) in [7, 11) is 0. The van der Waals surface area contributed by atoms with Crippen LogP contribution in [0.15, 0.2) is 0 Å². The van der Waals surface area contributed by atoms with Crippen molar-refractivity contribution in [3.05, 3.63) is 0 Å². The van der Waals surface area contributed by atoms with E-state index in [0.29, 0.717) is 6.61 Å². The predicted molar refractivity (Wildman–Crippen MR) is 45.4 cm³/mol. The standard InChI is InChI=1S/C3H7NO2.C3H8S/c1-2-6-3(4)5;1-2-3-4/h2H2,1H3,(H2,4,5);4H,2-3H2,1H3. The van der Waals surface area contributed by atoms with Crippen LogP contribution in [0, 0.1) is 0 Å². The first kappa shape index (κ1) is 12.3. The number of hydrogen-bond donors (Lipinski definition) is 2. The van der Waals surface area contributed by atoms with Gasteiger partial charge in [0.25, 0.3) is 0 Å². The Morgan fingerprint density at radius 1 is 1.60 bits per heavy atom. The number of primary amides is 1. The van der Waals surface area contributed by atoms with Gasteiger partial charge in [-0.2, -0.15) is 12.6 Å². The van der Waals surface area contributed by atoms with E-state index in [-0.39, 0.29) is 0 Å². The molecule has 0 saturated heterocycles. The summed E-state index contributed by atoms with van der Waals surface area (Å²) < 4.78 is 4.18. The summed E-state index contributed by atoms with van der Waals surface area (Å²) in [5, 5.41) is 0. The number of carbonyl (C=O) groups excluding carboxylic acids is 1. The van der Waals surface area contributed by atoms with Crippen LogP contribution in [-0.4, -0.2) is 18.5 Å². The molecular formula is C6H15NO2S. The molecule has 10 heavy (non-hydrogen) atoms. The molecule has 0 aliphatic rings. The van der Waals surface area contributed by atoms with E-state index >= 15 is 0 Å². The number of ether oxygens (including phenoxy) is 1. The second-order valence-electron chi connectivity index (χ2n) is 1.48. The Hall–Kier alpha value is -0.380. The van der Waals surface area contributed by atoms with Crippen LogP contribution in [0.5, 0.6) is 0 Å². The molecule has 0 aromatic rings.